The summed E-state index contributed by atoms with van der Waals surface area (Å²) in [5.41, 5.74) is 0.858. The average molecular weight is 370 g/mol. The van der Waals surface area contributed by atoms with Crippen LogP contribution < -0.4 is 0 Å². The van der Waals surface area contributed by atoms with E-state index in [0.717, 1.165) is 25.1 Å². The maximum absolute atomic E-state index is 12.1. The first kappa shape index (κ1) is 18.9. The maximum Gasteiger partial charge on any atom is 0.233 e. The van der Waals surface area contributed by atoms with Crippen molar-refractivity contribution in [2.24, 2.45) is 0 Å². The Balaban J connectivity index is 0.00000220. The van der Waals surface area contributed by atoms with E-state index in [1.807, 2.05) is 37.2 Å². The van der Waals surface area contributed by atoms with E-state index >= 15 is 0 Å². The van der Waals surface area contributed by atoms with Gasteiger partial charge in [-0.15, -0.1) is 24.2 Å². The Labute approximate surface area is 146 Å². The Hall–Kier alpha value is -0.130. The van der Waals surface area contributed by atoms with E-state index in [4.69, 9.17) is 23.2 Å². The number of rotatable bonds is 5. The molecule has 3 nitrogen and oxygen atoms in total. The van der Waals surface area contributed by atoms with Gasteiger partial charge in [0, 0.05) is 22.2 Å². The molecule has 7 heteroatoms. The fourth-order valence-electron chi connectivity index (χ4n) is 2.24. The zero-order valence-corrected chi connectivity index (χ0v) is 15.2. The minimum Gasteiger partial charge on any atom is -0.326 e. The molecule has 1 aromatic rings. The van der Waals surface area contributed by atoms with Gasteiger partial charge >= 0.3 is 0 Å². The van der Waals surface area contributed by atoms with E-state index in [2.05, 4.69) is 4.90 Å². The lowest BCUT2D eigenvalue weighted by atomic mass is 10.2. The molecule has 1 fully saturated rings. The molecule has 1 aromatic carbocycles. The lowest BCUT2D eigenvalue weighted by Gasteiger charge is -2.26. The topological polar surface area (TPSA) is 23.6 Å². The van der Waals surface area contributed by atoms with Gasteiger partial charge in [-0.2, -0.15) is 0 Å². The highest BCUT2D eigenvalue weighted by Crippen LogP contribution is 2.44. The highest BCUT2D eigenvalue weighted by atomic mass is 35.5. The molecule has 1 saturated heterocycles. The van der Waals surface area contributed by atoms with Crippen LogP contribution in [0.4, 0.5) is 0 Å². The second kappa shape index (κ2) is 8.49. The molecule has 1 aliphatic heterocycles. The predicted octanol–water partition coefficient (Wildman–Crippen LogP) is 3.94. The van der Waals surface area contributed by atoms with E-state index in [0.29, 0.717) is 15.8 Å². The second-order valence-corrected chi connectivity index (χ2v) is 6.93. The van der Waals surface area contributed by atoms with Gasteiger partial charge in [0.15, 0.2) is 0 Å². The van der Waals surface area contributed by atoms with Crippen molar-refractivity contribution in [1.29, 1.82) is 0 Å². The Morgan fingerprint density at radius 1 is 1.33 bits per heavy atom. The molecular formula is C14H19Cl3N2OS. The minimum atomic E-state index is -0.0640. The summed E-state index contributed by atoms with van der Waals surface area (Å²) in [7, 11) is 4.06. The van der Waals surface area contributed by atoms with Crippen LogP contribution >= 0.6 is 47.4 Å². The van der Waals surface area contributed by atoms with Crippen molar-refractivity contribution >= 4 is 53.3 Å². The number of thioether (sulfide) groups is 1. The van der Waals surface area contributed by atoms with Gasteiger partial charge in [-0.05, 0) is 39.2 Å². The van der Waals surface area contributed by atoms with Gasteiger partial charge in [0.25, 0.3) is 0 Å². The van der Waals surface area contributed by atoms with Crippen LogP contribution in [0.25, 0.3) is 0 Å². The van der Waals surface area contributed by atoms with Crippen LogP contribution in [0.15, 0.2) is 18.2 Å². The Bertz CT molecular complexity index is 479. The van der Waals surface area contributed by atoms with Crippen LogP contribution in [0.1, 0.15) is 17.4 Å². The van der Waals surface area contributed by atoms with Crippen LogP contribution in [0.2, 0.25) is 10.0 Å². The van der Waals surface area contributed by atoms with Gasteiger partial charge < -0.3 is 9.80 Å². The summed E-state index contributed by atoms with van der Waals surface area (Å²) in [6, 6.07) is 5.47. The van der Waals surface area contributed by atoms with E-state index in [-0.39, 0.29) is 23.7 Å². The molecule has 0 spiro atoms. The molecule has 0 aromatic heterocycles. The summed E-state index contributed by atoms with van der Waals surface area (Å²) in [4.78, 5) is 16.1. The van der Waals surface area contributed by atoms with Crippen molar-refractivity contribution in [3.63, 3.8) is 0 Å². The normalized spacial score (nSPS) is 18.2. The third-order valence-corrected chi connectivity index (χ3v) is 5.10. The summed E-state index contributed by atoms with van der Waals surface area (Å²) >= 11 is 14.1. The van der Waals surface area contributed by atoms with E-state index < -0.39 is 0 Å². The molecule has 0 saturated carbocycles. The van der Waals surface area contributed by atoms with Gasteiger partial charge in [-0.3, -0.25) is 4.79 Å². The third kappa shape index (κ3) is 4.67. The predicted molar refractivity (Wildman–Crippen MR) is 93.8 cm³/mol. The van der Waals surface area contributed by atoms with Gasteiger partial charge in [0.1, 0.15) is 5.37 Å². The van der Waals surface area contributed by atoms with Crippen LogP contribution in [0.3, 0.4) is 0 Å². The lowest BCUT2D eigenvalue weighted by molar-refractivity contribution is -0.128. The number of carbonyl (C=O) groups excluding carboxylic acids is 1. The molecule has 1 heterocycles. The van der Waals surface area contributed by atoms with Crippen molar-refractivity contribution < 1.29 is 4.79 Å². The summed E-state index contributed by atoms with van der Waals surface area (Å²) in [6.07, 6.45) is 0.942. The van der Waals surface area contributed by atoms with Crippen molar-refractivity contribution in [3.8, 4) is 0 Å². The van der Waals surface area contributed by atoms with Gasteiger partial charge in [0.05, 0.1) is 5.75 Å². The molecule has 0 aliphatic carbocycles. The van der Waals surface area contributed by atoms with E-state index in [1.165, 1.54) is 0 Å². The molecule has 1 atom stereocenters. The number of carbonyl (C=O) groups is 1. The first-order valence-electron chi connectivity index (χ1n) is 6.50. The Kier molecular flexibility index (Phi) is 7.65. The van der Waals surface area contributed by atoms with Gasteiger partial charge in [-0.25, -0.2) is 0 Å². The molecular weight excluding hydrogens is 351 g/mol. The minimum absolute atomic E-state index is 0. The van der Waals surface area contributed by atoms with Crippen LogP contribution in [-0.4, -0.2) is 48.6 Å². The van der Waals surface area contributed by atoms with Crippen LogP contribution in [0, 0.1) is 0 Å². The van der Waals surface area contributed by atoms with Crippen molar-refractivity contribution in [1.82, 2.24) is 9.80 Å². The zero-order valence-electron chi connectivity index (χ0n) is 12.0. The molecule has 1 unspecified atom stereocenters. The monoisotopic (exact) mass is 368 g/mol. The number of nitrogens with zero attached hydrogens (tertiary/aromatic N) is 2. The molecule has 1 amide bonds. The highest BCUT2D eigenvalue weighted by Gasteiger charge is 2.34. The molecule has 1 aliphatic rings. The van der Waals surface area contributed by atoms with E-state index in [1.54, 1.807) is 11.8 Å². The average Bonchev–Trinajstić information content (AvgIpc) is 2.71. The van der Waals surface area contributed by atoms with E-state index in [9.17, 15) is 4.79 Å². The Morgan fingerprint density at radius 2 is 1.95 bits per heavy atom. The van der Waals surface area contributed by atoms with Gasteiger partial charge in [-0.1, -0.05) is 29.3 Å². The van der Waals surface area contributed by atoms with Crippen LogP contribution in [-0.2, 0) is 4.79 Å². The number of amides is 1. The fraction of sp³-hybridized carbons (Fsp3) is 0.500. The molecule has 21 heavy (non-hydrogen) atoms. The largest absolute Gasteiger partial charge is 0.326 e. The SMILES string of the molecule is CN(C)CCCN1C(=O)CSC1c1c(Cl)cccc1Cl.Cl. The summed E-state index contributed by atoms with van der Waals surface area (Å²) in [6.45, 7) is 1.69. The third-order valence-electron chi connectivity index (χ3n) is 3.22. The molecule has 0 radical (unpaired) electrons. The molecule has 0 bridgehead atoms. The van der Waals surface area contributed by atoms with Crippen molar-refractivity contribution in [3.05, 3.63) is 33.8 Å². The zero-order chi connectivity index (χ0) is 14.7. The molecule has 0 N–H and O–H groups in total. The molecule has 2 rings (SSSR count). The fourth-order valence-corrected chi connectivity index (χ4v) is 4.26. The van der Waals surface area contributed by atoms with Crippen molar-refractivity contribution in [2.75, 3.05) is 32.9 Å². The van der Waals surface area contributed by atoms with Crippen molar-refractivity contribution in [2.45, 2.75) is 11.8 Å². The first-order chi connectivity index (χ1) is 9.50. The number of halogens is 3. The number of hydrogen-bond acceptors (Lipinski definition) is 3. The van der Waals surface area contributed by atoms with Crippen LogP contribution in [0.5, 0.6) is 0 Å². The smallest absolute Gasteiger partial charge is 0.233 e. The number of benzene rings is 1. The lowest BCUT2D eigenvalue weighted by Crippen LogP contribution is -2.31. The summed E-state index contributed by atoms with van der Waals surface area (Å²) < 4.78 is 0. The van der Waals surface area contributed by atoms with Gasteiger partial charge in [0.2, 0.25) is 5.91 Å². The maximum atomic E-state index is 12.1. The second-order valence-electron chi connectivity index (χ2n) is 5.04. The Morgan fingerprint density at radius 3 is 2.52 bits per heavy atom. The number of hydrogen-bond donors (Lipinski definition) is 0. The standard InChI is InChI=1S/C14H18Cl2N2OS.ClH/c1-17(2)7-4-8-18-12(19)9-20-14(18)13-10(15)5-3-6-11(13)16;/h3,5-6,14H,4,7-9H2,1-2H3;1H. The first-order valence-corrected chi connectivity index (χ1v) is 8.31. The summed E-state index contributed by atoms with van der Waals surface area (Å²) in [5.74, 6) is 0.656. The highest BCUT2D eigenvalue weighted by molar-refractivity contribution is 8.00. The molecule has 118 valence electrons. The summed E-state index contributed by atoms with van der Waals surface area (Å²) in [5, 5.41) is 1.19. The quantitative estimate of drug-likeness (QED) is 0.785.